The summed E-state index contributed by atoms with van der Waals surface area (Å²) in [7, 11) is 0. The maximum atomic E-state index is 10.4. The van der Waals surface area contributed by atoms with Gasteiger partial charge in [-0.1, -0.05) is 6.07 Å². The summed E-state index contributed by atoms with van der Waals surface area (Å²) in [4.78, 5) is 14.3. The van der Waals surface area contributed by atoms with Gasteiger partial charge >= 0.3 is 5.97 Å². The van der Waals surface area contributed by atoms with Crippen LogP contribution in [0.25, 0.3) is 0 Å². The highest BCUT2D eigenvalue weighted by Gasteiger charge is 2.09. The summed E-state index contributed by atoms with van der Waals surface area (Å²) in [6.07, 6.45) is 3.39. The number of hydrogen-bond acceptors (Lipinski definition) is 3. The molecule has 0 radical (unpaired) electrons. The van der Waals surface area contributed by atoms with Gasteiger partial charge in [0.15, 0.2) is 6.10 Å². The van der Waals surface area contributed by atoms with Crippen molar-refractivity contribution in [1.29, 1.82) is 0 Å². The second kappa shape index (κ2) is 5.34. The zero-order valence-electron chi connectivity index (χ0n) is 8.01. The number of ether oxygens (including phenoxy) is 1. The quantitative estimate of drug-likeness (QED) is 0.764. The summed E-state index contributed by atoms with van der Waals surface area (Å²) in [5.74, 6) is -0.934. The van der Waals surface area contributed by atoms with E-state index in [4.69, 9.17) is 9.84 Å². The summed E-state index contributed by atoms with van der Waals surface area (Å²) in [5, 5.41) is 8.54. The first-order valence-corrected chi connectivity index (χ1v) is 4.43. The number of aromatic nitrogens is 1. The van der Waals surface area contributed by atoms with E-state index in [2.05, 4.69) is 4.98 Å². The van der Waals surface area contributed by atoms with Crippen molar-refractivity contribution in [1.82, 2.24) is 4.98 Å². The van der Waals surface area contributed by atoms with Crippen LogP contribution in [0.15, 0.2) is 24.5 Å². The van der Waals surface area contributed by atoms with E-state index in [1.54, 1.807) is 12.4 Å². The fraction of sp³-hybridized carbons (Fsp3) is 0.400. The average molecular weight is 195 g/mol. The molecule has 4 nitrogen and oxygen atoms in total. The van der Waals surface area contributed by atoms with Crippen molar-refractivity contribution in [3.05, 3.63) is 30.1 Å². The van der Waals surface area contributed by atoms with Crippen LogP contribution in [0.4, 0.5) is 0 Å². The summed E-state index contributed by atoms with van der Waals surface area (Å²) < 4.78 is 5.08. The van der Waals surface area contributed by atoms with Gasteiger partial charge < -0.3 is 9.84 Å². The summed E-state index contributed by atoms with van der Waals surface area (Å²) in [5.41, 5.74) is 1.05. The second-order valence-corrected chi connectivity index (χ2v) is 2.96. The van der Waals surface area contributed by atoms with Crippen LogP contribution in [0.5, 0.6) is 0 Å². The number of carbonyl (C=O) groups is 1. The van der Waals surface area contributed by atoms with Crippen LogP contribution in [-0.4, -0.2) is 28.8 Å². The lowest BCUT2D eigenvalue weighted by Gasteiger charge is -2.07. The standard InChI is InChI=1S/C10H13NO3/c1-8(10(12)13)14-6-4-9-3-2-5-11-7-9/h2-3,5,7-8H,4,6H2,1H3,(H,12,13)/t8-/m0/s1. The molecule has 0 aliphatic carbocycles. The molecule has 4 heteroatoms. The third-order valence-electron chi connectivity index (χ3n) is 1.83. The lowest BCUT2D eigenvalue weighted by Crippen LogP contribution is -2.20. The Labute approximate surface area is 82.5 Å². The summed E-state index contributed by atoms with van der Waals surface area (Å²) >= 11 is 0. The first-order chi connectivity index (χ1) is 6.70. The van der Waals surface area contributed by atoms with Crippen LogP contribution in [0.1, 0.15) is 12.5 Å². The smallest absolute Gasteiger partial charge is 0.332 e. The summed E-state index contributed by atoms with van der Waals surface area (Å²) in [6.45, 7) is 1.92. The molecule has 1 aromatic heterocycles. The fourth-order valence-corrected chi connectivity index (χ4v) is 0.971. The maximum absolute atomic E-state index is 10.4. The van der Waals surface area contributed by atoms with Crippen molar-refractivity contribution < 1.29 is 14.6 Å². The Morgan fingerprint density at radius 3 is 3.07 bits per heavy atom. The van der Waals surface area contributed by atoms with E-state index in [0.717, 1.165) is 5.56 Å². The molecule has 0 aliphatic heterocycles. The van der Waals surface area contributed by atoms with E-state index in [1.165, 1.54) is 6.92 Å². The molecule has 0 fully saturated rings. The Morgan fingerprint density at radius 1 is 1.71 bits per heavy atom. The fourth-order valence-electron chi connectivity index (χ4n) is 0.971. The number of carboxylic acids is 1. The molecule has 0 amide bonds. The number of hydrogen-bond donors (Lipinski definition) is 1. The predicted octanol–water partition coefficient (Wildman–Crippen LogP) is 1.11. The van der Waals surface area contributed by atoms with E-state index < -0.39 is 12.1 Å². The lowest BCUT2D eigenvalue weighted by molar-refractivity contribution is -0.149. The molecule has 1 rings (SSSR count). The highest BCUT2D eigenvalue weighted by atomic mass is 16.5. The van der Waals surface area contributed by atoms with E-state index in [0.29, 0.717) is 13.0 Å². The van der Waals surface area contributed by atoms with Gasteiger partial charge in [0.25, 0.3) is 0 Å². The zero-order chi connectivity index (χ0) is 10.4. The minimum Gasteiger partial charge on any atom is -0.479 e. The molecule has 0 unspecified atom stereocenters. The van der Waals surface area contributed by atoms with Gasteiger partial charge in [0, 0.05) is 12.4 Å². The van der Waals surface area contributed by atoms with Crippen molar-refractivity contribution in [2.24, 2.45) is 0 Å². The van der Waals surface area contributed by atoms with E-state index in [9.17, 15) is 4.79 Å². The van der Waals surface area contributed by atoms with Crippen molar-refractivity contribution >= 4 is 5.97 Å². The average Bonchev–Trinajstić information content (AvgIpc) is 2.19. The first kappa shape index (κ1) is 10.7. The largest absolute Gasteiger partial charge is 0.479 e. The molecule has 0 aliphatic rings. The minimum atomic E-state index is -0.934. The van der Waals surface area contributed by atoms with Crippen LogP contribution in [0.3, 0.4) is 0 Å². The molecule has 1 heterocycles. The normalized spacial score (nSPS) is 12.4. The first-order valence-electron chi connectivity index (χ1n) is 4.43. The van der Waals surface area contributed by atoms with Crippen LogP contribution in [-0.2, 0) is 16.0 Å². The molecule has 76 valence electrons. The zero-order valence-corrected chi connectivity index (χ0v) is 8.01. The minimum absolute atomic E-state index is 0.402. The number of rotatable bonds is 5. The van der Waals surface area contributed by atoms with Gasteiger partial charge in [-0.3, -0.25) is 4.98 Å². The van der Waals surface area contributed by atoms with Gasteiger partial charge in [-0.2, -0.15) is 0 Å². The second-order valence-electron chi connectivity index (χ2n) is 2.96. The van der Waals surface area contributed by atoms with Gasteiger partial charge in [0.1, 0.15) is 0 Å². The molecular formula is C10H13NO3. The van der Waals surface area contributed by atoms with Crippen molar-refractivity contribution in [3.8, 4) is 0 Å². The van der Waals surface area contributed by atoms with Crippen LogP contribution >= 0.6 is 0 Å². The van der Waals surface area contributed by atoms with Crippen LogP contribution in [0, 0.1) is 0 Å². The molecule has 0 aromatic carbocycles. The van der Waals surface area contributed by atoms with Crippen molar-refractivity contribution in [2.75, 3.05) is 6.61 Å². The monoisotopic (exact) mass is 195 g/mol. The maximum Gasteiger partial charge on any atom is 0.332 e. The molecule has 14 heavy (non-hydrogen) atoms. The molecular weight excluding hydrogens is 182 g/mol. The Balaban J connectivity index is 2.26. The lowest BCUT2D eigenvalue weighted by atomic mass is 10.2. The molecule has 1 N–H and O–H groups in total. The third-order valence-corrected chi connectivity index (χ3v) is 1.83. The third kappa shape index (κ3) is 3.53. The van der Waals surface area contributed by atoms with Gasteiger partial charge in [0.2, 0.25) is 0 Å². The van der Waals surface area contributed by atoms with Crippen LogP contribution < -0.4 is 0 Å². The number of carboxylic acid groups (broad SMARTS) is 1. The Hall–Kier alpha value is -1.42. The highest BCUT2D eigenvalue weighted by Crippen LogP contribution is 1.99. The van der Waals surface area contributed by atoms with Crippen LogP contribution in [0.2, 0.25) is 0 Å². The molecule has 0 bridgehead atoms. The van der Waals surface area contributed by atoms with Crippen molar-refractivity contribution in [2.45, 2.75) is 19.4 Å². The van der Waals surface area contributed by atoms with E-state index >= 15 is 0 Å². The topological polar surface area (TPSA) is 59.4 Å². The number of aliphatic carboxylic acids is 1. The molecule has 1 atom stereocenters. The molecule has 1 aromatic rings. The molecule has 0 spiro atoms. The number of nitrogens with zero attached hydrogens (tertiary/aromatic N) is 1. The number of pyridine rings is 1. The molecule has 0 saturated heterocycles. The van der Waals surface area contributed by atoms with Gasteiger partial charge in [-0.05, 0) is 25.0 Å². The Bertz CT molecular complexity index is 287. The van der Waals surface area contributed by atoms with Gasteiger partial charge in [-0.15, -0.1) is 0 Å². The predicted molar refractivity (Wildman–Crippen MR) is 51.0 cm³/mol. The Kier molecular flexibility index (Phi) is 4.07. The Morgan fingerprint density at radius 2 is 2.50 bits per heavy atom. The van der Waals surface area contributed by atoms with E-state index in [1.807, 2.05) is 12.1 Å². The van der Waals surface area contributed by atoms with Gasteiger partial charge in [-0.25, -0.2) is 4.79 Å². The summed E-state index contributed by atoms with van der Waals surface area (Å²) in [6, 6.07) is 3.78. The van der Waals surface area contributed by atoms with Gasteiger partial charge in [0.05, 0.1) is 6.61 Å². The highest BCUT2D eigenvalue weighted by molar-refractivity contribution is 5.71. The SMILES string of the molecule is C[C@H](OCCc1cccnc1)C(=O)O. The van der Waals surface area contributed by atoms with E-state index in [-0.39, 0.29) is 0 Å². The van der Waals surface area contributed by atoms with Crippen molar-refractivity contribution in [3.63, 3.8) is 0 Å². The molecule has 0 saturated carbocycles.